The largest absolute Gasteiger partial charge is 0.469 e. The molecular weight excluding hydrogens is 493 g/mol. The number of carbonyl (C=O) groups is 1. The molecule has 3 unspecified atom stereocenters. The van der Waals surface area contributed by atoms with Crippen molar-refractivity contribution in [3.05, 3.63) is 12.2 Å². The van der Waals surface area contributed by atoms with Crippen LogP contribution >= 0.6 is 22.6 Å². The van der Waals surface area contributed by atoms with Crippen molar-refractivity contribution in [2.24, 2.45) is 11.8 Å². The summed E-state index contributed by atoms with van der Waals surface area (Å²) in [6, 6.07) is 0. The predicted octanol–water partition coefficient (Wildman–Crippen LogP) is 5.10. The average Bonchev–Trinajstić information content (AvgIpc) is 3.24. The van der Waals surface area contributed by atoms with Gasteiger partial charge in [-0.2, -0.15) is 0 Å². The fourth-order valence-electron chi connectivity index (χ4n) is 4.45. The van der Waals surface area contributed by atoms with E-state index in [9.17, 15) is 14.3 Å². The lowest BCUT2D eigenvalue weighted by molar-refractivity contribution is -0.140. The van der Waals surface area contributed by atoms with E-state index in [0.29, 0.717) is 25.7 Å². The molecular formula is C22H35F2IO4. The topological polar surface area (TPSA) is 55.8 Å². The Balaban J connectivity index is 1.91. The van der Waals surface area contributed by atoms with Crippen LogP contribution in [0.3, 0.4) is 0 Å². The van der Waals surface area contributed by atoms with Crippen molar-refractivity contribution < 1.29 is 28.2 Å². The second-order valence-electron chi connectivity index (χ2n) is 8.60. The van der Waals surface area contributed by atoms with E-state index in [1.165, 1.54) is 20.1 Å². The molecule has 1 heterocycles. The van der Waals surface area contributed by atoms with E-state index in [2.05, 4.69) is 27.3 Å². The number of allylic oxidation sites excluding steroid dienone is 1. The van der Waals surface area contributed by atoms with E-state index < -0.39 is 24.0 Å². The van der Waals surface area contributed by atoms with Gasteiger partial charge < -0.3 is 14.6 Å². The summed E-state index contributed by atoms with van der Waals surface area (Å²) >= 11 is 2.22. The Bertz CT molecular complexity index is 557. The molecule has 1 aliphatic heterocycles. The Kier molecular flexibility index (Phi) is 9.80. The van der Waals surface area contributed by atoms with Gasteiger partial charge in [0, 0.05) is 16.3 Å². The minimum absolute atomic E-state index is 0.0174. The van der Waals surface area contributed by atoms with Gasteiger partial charge in [-0.05, 0) is 44.9 Å². The van der Waals surface area contributed by atoms with Crippen LogP contribution in [0, 0.1) is 11.8 Å². The van der Waals surface area contributed by atoms with Crippen molar-refractivity contribution in [1.29, 1.82) is 0 Å². The van der Waals surface area contributed by atoms with Gasteiger partial charge in [0.1, 0.15) is 24.0 Å². The van der Waals surface area contributed by atoms with Crippen molar-refractivity contribution in [2.75, 3.05) is 7.11 Å². The fraction of sp³-hybridized carbons (Fsp3) is 0.864. The normalized spacial score (nSPS) is 33.4. The molecule has 1 saturated carbocycles. The summed E-state index contributed by atoms with van der Waals surface area (Å²) in [6.45, 7) is 3.42. The second-order valence-corrected chi connectivity index (χ2v) is 10.2. The third-order valence-electron chi connectivity index (χ3n) is 6.34. The van der Waals surface area contributed by atoms with Crippen molar-refractivity contribution in [3.8, 4) is 0 Å². The Morgan fingerprint density at radius 1 is 1.41 bits per heavy atom. The summed E-state index contributed by atoms with van der Waals surface area (Å²) < 4.78 is 40.5. The molecule has 1 aliphatic carbocycles. The minimum atomic E-state index is -1.67. The number of aliphatic hydroxyl groups excluding tert-OH is 1. The molecule has 2 rings (SSSR count). The molecule has 0 radical (unpaired) electrons. The first kappa shape index (κ1) is 25.0. The molecule has 0 aromatic carbocycles. The molecule has 7 heteroatoms. The highest BCUT2D eigenvalue weighted by Crippen LogP contribution is 2.47. The van der Waals surface area contributed by atoms with Gasteiger partial charge in [-0.15, -0.1) is 0 Å². The van der Waals surface area contributed by atoms with E-state index in [1.807, 2.05) is 6.92 Å². The highest BCUT2D eigenvalue weighted by molar-refractivity contribution is 14.1. The first-order chi connectivity index (χ1) is 13.7. The van der Waals surface area contributed by atoms with Crippen molar-refractivity contribution in [2.45, 2.75) is 99.3 Å². The number of ether oxygens (including phenoxy) is 2. The lowest BCUT2D eigenvalue weighted by Gasteiger charge is -2.25. The average molecular weight is 528 g/mol. The quantitative estimate of drug-likeness (QED) is 0.176. The number of alkyl halides is 3. The molecule has 1 saturated heterocycles. The van der Waals surface area contributed by atoms with Crippen LogP contribution in [0.15, 0.2) is 12.2 Å². The first-order valence-corrected chi connectivity index (χ1v) is 12.0. The molecule has 2 aliphatic rings. The number of unbranched alkanes of at least 4 members (excludes halogenated alkanes) is 1. The molecule has 1 N–H and O–H groups in total. The SMILES string of the molecule is CCCCC(C)(F)[C@H](O)/C=C/[C@H]1CC[C@H]2O[C@@H](C(I)CCCC(=O)OC)C(F)[C@H]12. The molecule has 0 aromatic rings. The lowest BCUT2D eigenvalue weighted by atomic mass is 9.87. The number of methoxy groups -OCH3 is 1. The summed E-state index contributed by atoms with van der Waals surface area (Å²) in [5.41, 5.74) is -1.67. The van der Waals surface area contributed by atoms with Gasteiger partial charge in [0.05, 0.1) is 13.2 Å². The molecule has 168 valence electrons. The van der Waals surface area contributed by atoms with Gasteiger partial charge >= 0.3 is 5.97 Å². The van der Waals surface area contributed by atoms with Crippen LogP contribution in [0.2, 0.25) is 0 Å². The van der Waals surface area contributed by atoms with Gasteiger partial charge in [-0.3, -0.25) is 4.79 Å². The number of rotatable bonds is 11. The monoisotopic (exact) mass is 528 g/mol. The second kappa shape index (κ2) is 11.4. The lowest BCUT2D eigenvalue weighted by Crippen LogP contribution is -2.34. The summed E-state index contributed by atoms with van der Waals surface area (Å²) in [5, 5.41) is 10.2. The zero-order chi connectivity index (χ0) is 21.6. The number of halogens is 3. The van der Waals surface area contributed by atoms with Crippen LogP contribution in [-0.4, -0.2) is 52.3 Å². The van der Waals surface area contributed by atoms with E-state index in [-0.39, 0.29) is 27.8 Å². The van der Waals surface area contributed by atoms with Crippen LogP contribution in [-0.2, 0) is 14.3 Å². The number of esters is 1. The van der Waals surface area contributed by atoms with Gasteiger partial charge in [0.25, 0.3) is 0 Å². The Morgan fingerprint density at radius 2 is 2.14 bits per heavy atom. The molecule has 4 nitrogen and oxygen atoms in total. The molecule has 29 heavy (non-hydrogen) atoms. The number of aliphatic hydroxyl groups is 1. The van der Waals surface area contributed by atoms with Crippen molar-refractivity contribution >= 4 is 28.6 Å². The predicted molar refractivity (Wildman–Crippen MR) is 118 cm³/mol. The molecule has 0 aromatic heterocycles. The Labute approximate surface area is 186 Å². The molecule has 8 atom stereocenters. The van der Waals surface area contributed by atoms with E-state index in [0.717, 1.165) is 25.7 Å². The molecule has 0 bridgehead atoms. The van der Waals surface area contributed by atoms with Crippen LogP contribution in [0.1, 0.15) is 65.2 Å². The van der Waals surface area contributed by atoms with Gasteiger partial charge in [-0.1, -0.05) is 54.5 Å². The van der Waals surface area contributed by atoms with Crippen LogP contribution in [0.5, 0.6) is 0 Å². The van der Waals surface area contributed by atoms with Gasteiger partial charge in [0.15, 0.2) is 0 Å². The maximum Gasteiger partial charge on any atom is 0.305 e. The Hall–Kier alpha value is -0.280. The third kappa shape index (κ3) is 6.60. The first-order valence-electron chi connectivity index (χ1n) is 10.8. The number of hydrogen-bond acceptors (Lipinski definition) is 4. The summed E-state index contributed by atoms with van der Waals surface area (Å²) in [4.78, 5) is 11.3. The van der Waals surface area contributed by atoms with Crippen LogP contribution < -0.4 is 0 Å². The number of hydrogen-bond donors (Lipinski definition) is 1. The van der Waals surface area contributed by atoms with Crippen molar-refractivity contribution in [3.63, 3.8) is 0 Å². The zero-order valence-electron chi connectivity index (χ0n) is 17.7. The molecule has 0 spiro atoms. The van der Waals surface area contributed by atoms with Crippen LogP contribution in [0.4, 0.5) is 8.78 Å². The van der Waals surface area contributed by atoms with Crippen molar-refractivity contribution in [1.82, 2.24) is 0 Å². The Morgan fingerprint density at radius 3 is 2.79 bits per heavy atom. The standard InChI is InChI=1S/C22H35F2IO4/c1-4-5-13-22(2,24)17(26)12-10-14-9-11-16-19(14)20(23)21(29-16)15(25)7-6-8-18(27)28-3/h10,12,14-17,19-21,26H,4-9,11,13H2,1-3H3/b12-10+/t14-,15?,16-,17-,19-,20?,21+,22?/m1/s1. The highest BCUT2D eigenvalue weighted by Gasteiger charge is 2.52. The maximum atomic E-state index is 15.2. The number of fused-ring (bicyclic) bond motifs is 1. The summed E-state index contributed by atoms with van der Waals surface area (Å²) in [5.74, 6) is -0.546. The molecule has 2 fully saturated rings. The van der Waals surface area contributed by atoms with Crippen LogP contribution in [0.25, 0.3) is 0 Å². The smallest absolute Gasteiger partial charge is 0.305 e. The zero-order valence-corrected chi connectivity index (χ0v) is 19.8. The third-order valence-corrected chi connectivity index (χ3v) is 7.67. The van der Waals surface area contributed by atoms with Gasteiger partial charge in [0.2, 0.25) is 0 Å². The van der Waals surface area contributed by atoms with E-state index >= 15 is 4.39 Å². The highest BCUT2D eigenvalue weighted by atomic mass is 127. The minimum Gasteiger partial charge on any atom is -0.469 e. The molecule has 0 amide bonds. The number of carbonyl (C=O) groups excluding carboxylic acids is 1. The summed E-state index contributed by atoms with van der Waals surface area (Å²) in [6.07, 6.45) is 5.57. The van der Waals surface area contributed by atoms with E-state index in [4.69, 9.17) is 4.74 Å². The van der Waals surface area contributed by atoms with Gasteiger partial charge in [-0.25, -0.2) is 8.78 Å². The summed E-state index contributed by atoms with van der Waals surface area (Å²) in [7, 11) is 1.36. The fourth-order valence-corrected chi connectivity index (χ4v) is 5.46. The van der Waals surface area contributed by atoms with E-state index in [1.54, 1.807) is 6.08 Å². The maximum absolute atomic E-state index is 15.2.